The Balaban J connectivity index is 3.06. The second kappa shape index (κ2) is 3.94. The second-order valence-electron chi connectivity index (χ2n) is 3.11. The zero-order valence-electron chi connectivity index (χ0n) is 7.67. The second-order valence-corrected chi connectivity index (χ2v) is 3.11. The smallest absolute Gasteiger partial charge is 0.00313 e. The molecule has 0 heterocycles. The Morgan fingerprint density at radius 3 is 2.25 bits per heavy atom. The van der Waals surface area contributed by atoms with Crippen molar-refractivity contribution in [1.29, 1.82) is 0 Å². The molecule has 0 unspecified atom stereocenters. The van der Waals surface area contributed by atoms with E-state index in [0.717, 1.165) is 0 Å². The highest BCUT2D eigenvalue weighted by molar-refractivity contribution is 5.65. The Bertz CT molecular complexity index is 287. The summed E-state index contributed by atoms with van der Waals surface area (Å²) in [6.45, 7) is 8.00. The van der Waals surface area contributed by atoms with Crippen LogP contribution in [-0.4, -0.2) is 0 Å². The Hall–Kier alpha value is -1.26. The van der Waals surface area contributed by atoms with Gasteiger partial charge in [0.25, 0.3) is 0 Å². The molecule has 0 bridgehead atoms. The lowest BCUT2D eigenvalue weighted by Crippen LogP contribution is -1.91. The Labute approximate surface area is 74.2 Å². The van der Waals surface area contributed by atoms with Crippen LogP contribution in [0.3, 0.4) is 0 Å². The molecule has 0 aliphatic rings. The largest absolute Gasteiger partial charge is 0.124 e. The maximum atomic E-state index is 3.70. The summed E-state index contributed by atoms with van der Waals surface area (Å²) in [5, 5.41) is 0. The zero-order valence-corrected chi connectivity index (χ0v) is 7.67. The first-order valence-electron chi connectivity index (χ1n) is 4.21. The third kappa shape index (κ3) is 1.87. The molecule has 12 heavy (non-hydrogen) atoms. The van der Waals surface area contributed by atoms with Crippen LogP contribution in [-0.2, 0) is 0 Å². The molecule has 0 aromatic heterocycles. The first kappa shape index (κ1) is 8.83. The Kier molecular flexibility index (Phi) is 2.90. The molecular formula is C12H14. The van der Waals surface area contributed by atoms with Crippen molar-refractivity contribution in [2.45, 2.75) is 13.8 Å². The van der Waals surface area contributed by atoms with Gasteiger partial charge in [0.2, 0.25) is 0 Å². The van der Waals surface area contributed by atoms with Crippen LogP contribution >= 0.6 is 0 Å². The highest BCUT2D eigenvalue weighted by Crippen LogP contribution is 2.20. The van der Waals surface area contributed by atoms with Crippen LogP contribution in [0.2, 0.25) is 0 Å². The summed E-state index contributed by atoms with van der Waals surface area (Å²) >= 11 is 0. The molecule has 0 heteroatoms. The maximum absolute atomic E-state index is 3.70. The van der Waals surface area contributed by atoms with Gasteiger partial charge in [-0.05, 0) is 11.5 Å². The summed E-state index contributed by atoms with van der Waals surface area (Å²) in [6, 6.07) is 10.3. The van der Waals surface area contributed by atoms with Crippen LogP contribution in [0.4, 0.5) is 0 Å². The summed E-state index contributed by atoms with van der Waals surface area (Å²) in [4.78, 5) is 0. The number of hydrogen-bond acceptors (Lipinski definition) is 0. The highest BCUT2D eigenvalue weighted by atomic mass is 14.1. The van der Waals surface area contributed by atoms with Crippen molar-refractivity contribution in [1.82, 2.24) is 0 Å². The molecule has 1 aromatic rings. The molecule has 1 aromatic carbocycles. The van der Waals surface area contributed by atoms with E-state index in [0.29, 0.717) is 5.92 Å². The van der Waals surface area contributed by atoms with Crippen molar-refractivity contribution in [3.8, 4) is 0 Å². The molecule has 0 saturated carbocycles. The van der Waals surface area contributed by atoms with Gasteiger partial charge in [-0.1, -0.05) is 50.8 Å². The molecule has 0 aliphatic heterocycles. The van der Waals surface area contributed by atoms with E-state index in [1.54, 1.807) is 0 Å². The minimum Gasteiger partial charge on any atom is -0.124 e. The lowest BCUT2D eigenvalue weighted by atomic mass is 9.97. The lowest BCUT2D eigenvalue weighted by Gasteiger charge is -2.07. The molecule has 0 aliphatic carbocycles. The van der Waals surface area contributed by atoms with E-state index in [1.165, 1.54) is 11.1 Å². The molecule has 1 rings (SSSR count). The van der Waals surface area contributed by atoms with Gasteiger partial charge in [0, 0.05) is 5.57 Å². The number of benzene rings is 1. The van der Waals surface area contributed by atoms with Gasteiger partial charge in [-0.25, -0.2) is 0 Å². The highest BCUT2D eigenvalue weighted by Gasteiger charge is 2.03. The molecule has 0 fully saturated rings. The number of rotatable bonds is 2. The van der Waals surface area contributed by atoms with E-state index in [2.05, 4.69) is 38.3 Å². The van der Waals surface area contributed by atoms with E-state index in [1.807, 2.05) is 18.2 Å². The summed E-state index contributed by atoms with van der Waals surface area (Å²) in [5.41, 5.74) is 5.40. The van der Waals surface area contributed by atoms with E-state index in [4.69, 9.17) is 0 Å². The van der Waals surface area contributed by atoms with Crippen molar-refractivity contribution in [2.75, 3.05) is 0 Å². The first-order valence-corrected chi connectivity index (χ1v) is 4.21. The van der Waals surface area contributed by atoms with E-state index in [9.17, 15) is 0 Å². The van der Waals surface area contributed by atoms with E-state index < -0.39 is 0 Å². The lowest BCUT2D eigenvalue weighted by molar-refractivity contribution is 0.857. The standard InChI is InChI=1S/C12H14/c1-4-12(10(2)3)11-8-6-5-7-9-11/h5-10H,1H2,2-3H3. The summed E-state index contributed by atoms with van der Waals surface area (Å²) in [5.74, 6) is 0.491. The maximum Gasteiger partial charge on any atom is 0.00313 e. The Morgan fingerprint density at radius 2 is 1.83 bits per heavy atom. The molecule has 0 spiro atoms. The van der Waals surface area contributed by atoms with Gasteiger partial charge in [-0.2, -0.15) is 0 Å². The van der Waals surface area contributed by atoms with Crippen molar-refractivity contribution >= 4 is 5.57 Å². The van der Waals surface area contributed by atoms with Gasteiger partial charge < -0.3 is 0 Å². The summed E-state index contributed by atoms with van der Waals surface area (Å²) in [7, 11) is 0. The topological polar surface area (TPSA) is 0 Å². The normalized spacial score (nSPS) is 9.58. The monoisotopic (exact) mass is 158 g/mol. The van der Waals surface area contributed by atoms with Gasteiger partial charge in [0.05, 0.1) is 0 Å². The van der Waals surface area contributed by atoms with Gasteiger partial charge in [-0.15, -0.1) is 5.73 Å². The SMILES string of the molecule is C=C=C(c1ccccc1)C(C)C. The van der Waals surface area contributed by atoms with Crippen molar-refractivity contribution in [2.24, 2.45) is 5.92 Å². The molecule has 0 nitrogen and oxygen atoms in total. The van der Waals surface area contributed by atoms with Crippen LogP contribution in [0.15, 0.2) is 42.6 Å². The fourth-order valence-corrected chi connectivity index (χ4v) is 1.26. The molecule has 0 saturated heterocycles. The average molecular weight is 158 g/mol. The molecule has 0 N–H and O–H groups in total. The number of allylic oxidation sites excluding steroid dienone is 1. The van der Waals surface area contributed by atoms with Crippen molar-refractivity contribution in [3.05, 3.63) is 48.2 Å². The fraction of sp³-hybridized carbons (Fsp3) is 0.250. The van der Waals surface area contributed by atoms with Crippen LogP contribution in [0.5, 0.6) is 0 Å². The van der Waals surface area contributed by atoms with Crippen LogP contribution in [0.25, 0.3) is 5.57 Å². The van der Waals surface area contributed by atoms with E-state index in [-0.39, 0.29) is 0 Å². The predicted molar refractivity (Wildman–Crippen MR) is 53.8 cm³/mol. The third-order valence-corrected chi connectivity index (χ3v) is 1.85. The van der Waals surface area contributed by atoms with Gasteiger partial charge in [0.1, 0.15) is 0 Å². The number of hydrogen-bond donors (Lipinski definition) is 0. The van der Waals surface area contributed by atoms with Crippen LogP contribution in [0, 0.1) is 5.92 Å². The van der Waals surface area contributed by atoms with Crippen molar-refractivity contribution in [3.63, 3.8) is 0 Å². The first-order chi connectivity index (χ1) is 5.75. The molecular weight excluding hydrogens is 144 g/mol. The van der Waals surface area contributed by atoms with Crippen LogP contribution in [0.1, 0.15) is 19.4 Å². The van der Waals surface area contributed by atoms with Gasteiger partial charge >= 0.3 is 0 Å². The zero-order chi connectivity index (χ0) is 8.97. The minimum atomic E-state index is 0.491. The minimum absolute atomic E-state index is 0.491. The molecule has 62 valence electrons. The van der Waals surface area contributed by atoms with Crippen molar-refractivity contribution < 1.29 is 0 Å². The van der Waals surface area contributed by atoms with Gasteiger partial charge in [0.15, 0.2) is 0 Å². The Morgan fingerprint density at radius 1 is 1.25 bits per heavy atom. The molecule has 0 radical (unpaired) electrons. The summed E-state index contributed by atoms with van der Waals surface area (Å²) in [6.07, 6.45) is 0. The fourth-order valence-electron chi connectivity index (χ4n) is 1.26. The third-order valence-electron chi connectivity index (χ3n) is 1.85. The predicted octanol–water partition coefficient (Wildman–Crippen LogP) is 3.51. The van der Waals surface area contributed by atoms with Gasteiger partial charge in [-0.3, -0.25) is 0 Å². The quantitative estimate of drug-likeness (QED) is 0.578. The summed E-state index contributed by atoms with van der Waals surface area (Å²) < 4.78 is 0. The molecule has 0 amide bonds. The van der Waals surface area contributed by atoms with E-state index >= 15 is 0 Å². The average Bonchev–Trinajstić information content (AvgIpc) is 2.07. The molecule has 0 atom stereocenters. The van der Waals surface area contributed by atoms with Crippen LogP contribution < -0.4 is 0 Å².